The zero-order valence-corrected chi connectivity index (χ0v) is 9.82. The predicted octanol–water partition coefficient (Wildman–Crippen LogP) is 0.731. The highest BCUT2D eigenvalue weighted by Gasteiger charge is 2.34. The van der Waals surface area contributed by atoms with Crippen LogP contribution in [0.15, 0.2) is 17.5 Å². The van der Waals surface area contributed by atoms with Gasteiger partial charge in [-0.05, 0) is 24.3 Å². The molecule has 88 valence electrons. The Bertz CT molecular complexity index is 349. The Kier molecular flexibility index (Phi) is 3.58. The van der Waals surface area contributed by atoms with Crippen molar-refractivity contribution in [2.75, 3.05) is 13.2 Å². The van der Waals surface area contributed by atoms with Gasteiger partial charge in [-0.25, -0.2) is 0 Å². The minimum Gasteiger partial charge on any atom is -0.395 e. The van der Waals surface area contributed by atoms with Crippen molar-refractivity contribution in [1.29, 1.82) is 0 Å². The number of rotatable bonds is 5. The summed E-state index contributed by atoms with van der Waals surface area (Å²) in [5.41, 5.74) is 5.92. The highest BCUT2D eigenvalue weighted by molar-refractivity contribution is 7.10. The van der Waals surface area contributed by atoms with Gasteiger partial charge in [-0.1, -0.05) is 6.07 Å². The lowest BCUT2D eigenvalue weighted by molar-refractivity contribution is -0.133. The van der Waals surface area contributed by atoms with Crippen molar-refractivity contribution in [2.45, 2.75) is 24.9 Å². The average Bonchev–Trinajstić information content (AvgIpc) is 2.98. The third-order valence-electron chi connectivity index (χ3n) is 2.73. The third kappa shape index (κ3) is 2.42. The molecule has 2 rings (SSSR count). The molecular formula is C11H16N2O2S. The van der Waals surface area contributed by atoms with Crippen LogP contribution in [0.3, 0.4) is 0 Å². The molecule has 1 fully saturated rings. The number of hydrogen-bond acceptors (Lipinski definition) is 4. The Morgan fingerprint density at radius 3 is 2.94 bits per heavy atom. The predicted molar refractivity (Wildman–Crippen MR) is 63.1 cm³/mol. The second kappa shape index (κ2) is 4.95. The number of aliphatic hydroxyl groups is 1. The van der Waals surface area contributed by atoms with Gasteiger partial charge in [0.2, 0.25) is 5.91 Å². The van der Waals surface area contributed by atoms with Crippen LogP contribution in [0.1, 0.15) is 23.8 Å². The summed E-state index contributed by atoms with van der Waals surface area (Å²) in [5, 5.41) is 10.9. The monoisotopic (exact) mass is 240 g/mol. The van der Waals surface area contributed by atoms with Gasteiger partial charge in [0.05, 0.1) is 6.61 Å². The van der Waals surface area contributed by atoms with E-state index in [9.17, 15) is 4.79 Å². The Morgan fingerprint density at radius 1 is 1.69 bits per heavy atom. The molecule has 0 bridgehead atoms. The van der Waals surface area contributed by atoms with Crippen LogP contribution in [-0.2, 0) is 4.79 Å². The van der Waals surface area contributed by atoms with Crippen molar-refractivity contribution in [1.82, 2.24) is 4.90 Å². The number of nitrogens with two attached hydrogens (primary N) is 1. The second-order valence-corrected chi connectivity index (χ2v) is 4.96. The fraction of sp³-hybridized carbons (Fsp3) is 0.545. The summed E-state index contributed by atoms with van der Waals surface area (Å²) in [5.74, 6) is -0.0704. The molecule has 1 aliphatic rings. The molecule has 1 aliphatic carbocycles. The SMILES string of the molecule is NC(C(=O)N(CCO)C1CC1)c1cccs1. The summed E-state index contributed by atoms with van der Waals surface area (Å²) in [6.45, 7) is 0.391. The fourth-order valence-electron chi connectivity index (χ4n) is 1.74. The Hall–Kier alpha value is -0.910. The highest BCUT2D eigenvalue weighted by atomic mass is 32.1. The lowest BCUT2D eigenvalue weighted by Crippen LogP contribution is -2.41. The largest absolute Gasteiger partial charge is 0.395 e. The lowest BCUT2D eigenvalue weighted by Gasteiger charge is -2.24. The Labute approximate surface area is 98.7 Å². The van der Waals surface area contributed by atoms with E-state index in [0.717, 1.165) is 17.7 Å². The minimum absolute atomic E-state index is 0.000595. The van der Waals surface area contributed by atoms with Crippen molar-refractivity contribution >= 4 is 17.2 Å². The normalized spacial score (nSPS) is 17.1. The third-order valence-corrected chi connectivity index (χ3v) is 3.68. The summed E-state index contributed by atoms with van der Waals surface area (Å²) >= 11 is 1.49. The summed E-state index contributed by atoms with van der Waals surface area (Å²) in [4.78, 5) is 14.7. The van der Waals surface area contributed by atoms with Gasteiger partial charge >= 0.3 is 0 Å². The molecule has 1 saturated carbocycles. The highest BCUT2D eigenvalue weighted by Crippen LogP contribution is 2.29. The molecule has 0 aliphatic heterocycles. The van der Waals surface area contributed by atoms with E-state index in [1.54, 1.807) is 4.90 Å². The van der Waals surface area contributed by atoms with Crippen LogP contribution in [0, 0.1) is 0 Å². The van der Waals surface area contributed by atoms with Crippen molar-refractivity contribution < 1.29 is 9.90 Å². The van der Waals surface area contributed by atoms with E-state index in [-0.39, 0.29) is 12.5 Å². The zero-order valence-electron chi connectivity index (χ0n) is 9.00. The van der Waals surface area contributed by atoms with Crippen LogP contribution in [0.4, 0.5) is 0 Å². The van der Waals surface area contributed by atoms with Gasteiger partial charge in [0, 0.05) is 17.5 Å². The summed E-state index contributed by atoms with van der Waals surface area (Å²) in [6.07, 6.45) is 2.06. The zero-order chi connectivity index (χ0) is 11.5. The molecule has 5 heteroatoms. The number of carbonyl (C=O) groups excluding carboxylic acids is 1. The first-order chi connectivity index (χ1) is 7.74. The topological polar surface area (TPSA) is 66.6 Å². The molecule has 4 nitrogen and oxygen atoms in total. The first-order valence-corrected chi connectivity index (χ1v) is 6.32. The lowest BCUT2D eigenvalue weighted by atomic mass is 10.2. The van der Waals surface area contributed by atoms with Crippen LogP contribution in [0.2, 0.25) is 0 Å². The Morgan fingerprint density at radius 2 is 2.44 bits per heavy atom. The maximum absolute atomic E-state index is 12.1. The Balaban J connectivity index is 2.04. The first kappa shape index (κ1) is 11.6. The van der Waals surface area contributed by atoms with Gasteiger partial charge in [-0.3, -0.25) is 4.79 Å². The van der Waals surface area contributed by atoms with Gasteiger partial charge in [0.1, 0.15) is 6.04 Å². The van der Waals surface area contributed by atoms with Crippen molar-refractivity contribution in [3.8, 4) is 0 Å². The molecule has 16 heavy (non-hydrogen) atoms. The van der Waals surface area contributed by atoms with E-state index in [1.165, 1.54) is 11.3 Å². The minimum atomic E-state index is -0.577. The van der Waals surface area contributed by atoms with Crippen LogP contribution in [0.5, 0.6) is 0 Å². The first-order valence-electron chi connectivity index (χ1n) is 5.44. The molecule has 1 unspecified atom stereocenters. The van der Waals surface area contributed by atoms with E-state index in [2.05, 4.69) is 0 Å². The number of carbonyl (C=O) groups is 1. The van der Waals surface area contributed by atoms with Gasteiger partial charge < -0.3 is 15.7 Å². The molecule has 1 heterocycles. The number of amides is 1. The maximum Gasteiger partial charge on any atom is 0.245 e. The van der Waals surface area contributed by atoms with Crippen molar-refractivity contribution in [3.05, 3.63) is 22.4 Å². The van der Waals surface area contributed by atoms with Crippen LogP contribution < -0.4 is 5.73 Å². The van der Waals surface area contributed by atoms with Crippen molar-refractivity contribution in [2.24, 2.45) is 5.73 Å². The summed E-state index contributed by atoms with van der Waals surface area (Å²) in [7, 11) is 0. The molecular weight excluding hydrogens is 224 g/mol. The van der Waals surface area contributed by atoms with E-state index in [0.29, 0.717) is 12.6 Å². The van der Waals surface area contributed by atoms with Crippen LogP contribution >= 0.6 is 11.3 Å². The smallest absolute Gasteiger partial charge is 0.245 e. The average molecular weight is 240 g/mol. The summed E-state index contributed by atoms with van der Waals surface area (Å²) < 4.78 is 0. The molecule has 1 aromatic rings. The van der Waals surface area contributed by atoms with E-state index >= 15 is 0 Å². The van der Waals surface area contributed by atoms with Gasteiger partial charge in [-0.15, -0.1) is 11.3 Å². The second-order valence-electron chi connectivity index (χ2n) is 3.98. The molecule has 0 saturated heterocycles. The molecule has 1 atom stereocenters. The molecule has 0 spiro atoms. The molecule has 1 amide bonds. The fourth-order valence-corrected chi connectivity index (χ4v) is 2.45. The quantitative estimate of drug-likeness (QED) is 0.797. The maximum atomic E-state index is 12.1. The summed E-state index contributed by atoms with van der Waals surface area (Å²) in [6, 6.07) is 3.48. The number of nitrogens with zero attached hydrogens (tertiary/aromatic N) is 1. The van der Waals surface area contributed by atoms with Crippen molar-refractivity contribution in [3.63, 3.8) is 0 Å². The number of thiophene rings is 1. The van der Waals surface area contributed by atoms with E-state index in [4.69, 9.17) is 10.8 Å². The number of aliphatic hydroxyl groups excluding tert-OH is 1. The van der Waals surface area contributed by atoms with Gasteiger partial charge in [-0.2, -0.15) is 0 Å². The molecule has 0 radical (unpaired) electrons. The molecule has 0 aromatic carbocycles. The van der Waals surface area contributed by atoms with Crippen LogP contribution in [0.25, 0.3) is 0 Å². The molecule has 1 aromatic heterocycles. The molecule has 3 N–H and O–H groups in total. The number of hydrogen-bond donors (Lipinski definition) is 2. The standard InChI is InChI=1S/C11H16N2O2S/c12-10(9-2-1-7-16-9)11(15)13(5-6-14)8-3-4-8/h1-2,7-8,10,14H,3-6,12H2. The van der Waals surface area contributed by atoms with E-state index in [1.807, 2.05) is 17.5 Å². The van der Waals surface area contributed by atoms with Gasteiger partial charge in [0.15, 0.2) is 0 Å². The van der Waals surface area contributed by atoms with Crippen LogP contribution in [-0.4, -0.2) is 35.1 Å². The van der Waals surface area contributed by atoms with E-state index < -0.39 is 6.04 Å². The van der Waals surface area contributed by atoms with Gasteiger partial charge in [0.25, 0.3) is 0 Å².